The van der Waals surface area contributed by atoms with E-state index in [1.54, 1.807) is 26.0 Å². The molecule has 32 heavy (non-hydrogen) atoms. The summed E-state index contributed by atoms with van der Waals surface area (Å²) >= 11 is 0. The molecule has 0 bridgehead atoms. The van der Waals surface area contributed by atoms with Crippen LogP contribution < -0.4 is 5.63 Å². The van der Waals surface area contributed by atoms with E-state index in [2.05, 4.69) is 16.7 Å². The lowest BCUT2D eigenvalue weighted by atomic mass is 9.96. The number of carbonyl (C=O) groups is 2. The van der Waals surface area contributed by atoms with Gasteiger partial charge in [0.05, 0.1) is 31.3 Å². The van der Waals surface area contributed by atoms with Crippen LogP contribution in [0, 0.1) is 36.2 Å². The summed E-state index contributed by atoms with van der Waals surface area (Å²) in [7, 11) is 0. The van der Waals surface area contributed by atoms with Crippen LogP contribution in [0.4, 0.5) is 0 Å². The van der Waals surface area contributed by atoms with E-state index in [9.17, 15) is 14.4 Å². The van der Waals surface area contributed by atoms with E-state index in [0.717, 1.165) is 24.0 Å². The highest BCUT2D eigenvalue weighted by atomic mass is 16.5. The van der Waals surface area contributed by atoms with Crippen molar-refractivity contribution < 1.29 is 23.5 Å². The Balaban J connectivity index is 1.68. The minimum Gasteiger partial charge on any atom is -0.471 e. The van der Waals surface area contributed by atoms with Crippen LogP contribution in [0.3, 0.4) is 0 Å². The van der Waals surface area contributed by atoms with Gasteiger partial charge in [0.25, 0.3) is 5.70 Å². The molecule has 1 aromatic heterocycles. The van der Waals surface area contributed by atoms with Gasteiger partial charge in [0.1, 0.15) is 5.58 Å². The lowest BCUT2D eigenvalue weighted by Crippen LogP contribution is -2.08. The Morgan fingerprint density at radius 2 is 2.03 bits per heavy atom. The van der Waals surface area contributed by atoms with Crippen LogP contribution in [0.15, 0.2) is 33.1 Å². The van der Waals surface area contributed by atoms with Crippen molar-refractivity contribution in [3.8, 4) is 11.8 Å². The number of aryl methyl sites for hydroxylation is 1. The molecule has 1 saturated carbocycles. The molecule has 0 saturated heterocycles. The molecule has 0 radical (unpaired) electrons. The first-order valence-electron chi connectivity index (χ1n) is 10.5. The standard InChI is InChI=1S/C25H21NO6/c1-4-30-24(28)20(26-3)12-17-11-16-10-14-6-8-18-19(22(18)25(29)31-5-2)9-7-15(14)13-21(16)32-23(17)27/h10-13,18-19,22H,4-6,8H2,1-2H3/b20-12+. The van der Waals surface area contributed by atoms with Crippen LogP contribution in [-0.4, -0.2) is 25.2 Å². The predicted octanol–water partition coefficient (Wildman–Crippen LogP) is 3.34. The zero-order chi connectivity index (χ0) is 22.8. The molecule has 2 aromatic rings. The first-order chi connectivity index (χ1) is 15.5. The van der Waals surface area contributed by atoms with E-state index >= 15 is 0 Å². The maximum atomic E-state index is 12.4. The molecule has 2 aliphatic rings. The first kappa shape index (κ1) is 21.4. The summed E-state index contributed by atoms with van der Waals surface area (Å²) in [5.74, 6) is 5.40. The highest BCUT2D eigenvalue weighted by molar-refractivity contribution is 5.96. The summed E-state index contributed by atoms with van der Waals surface area (Å²) < 4.78 is 15.5. The second-order valence-electron chi connectivity index (χ2n) is 7.67. The van der Waals surface area contributed by atoms with Gasteiger partial charge in [-0.3, -0.25) is 9.59 Å². The Labute approximate surface area is 184 Å². The molecule has 0 spiro atoms. The Morgan fingerprint density at radius 1 is 1.25 bits per heavy atom. The van der Waals surface area contributed by atoms with Gasteiger partial charge in [0.15, 0.2) is 0 Å². The maximum Gasteiger partial charge on any atom is 0.342 e. The molecule has 3 atom stereocenters. The van der Waals surface area contributed by atoms with E-state index in [4.69, 9.17) is 20.5 Å². The monoisotopic (exact) mass is 431 g/mol. The summed E-state index contributed by atoms with van der Waals surface area (Å²) in [6.07, 6.45) is 2.73. The van der Waals surface area contributed by atoms with Crippen molar-refractivity contribution >= 4 is 29.0 Å². The zero-order valence-corrected chi connectivity index (χ0v) is 17.8. The Hall–Kier alpha value is -3.84. The fourth-order valence-corrected chi connectivity index (χ4v) is 4.12. The molecular formula is C25H21NO6. The number of benzene rings is 1. The molecule has 1 heterocycles. The largest absolute Gasteiger partial charge is 0.471 e. The van der Waals surface area contributed by atoms with Gasteiger partial charge in [-0.05, 0) is 62.4 Å². The summed E-state index contributed by atoms with van der Waals surface area (Å²) in [4.78, 5) is 39.6. The zero-order valence-electron chi connectivity index (χ0n) is 17.8. The predicted molar refractivity (Wildman–Crippen MR) is 116 cm³/mol. The van der Waals surface area contributed by atoms with Gasteiger partial charge in [-0.1, -0.05) is 11.8 Å². The van der Waals surface area contributed by atoms with Crippen LogP contribution in [-0.2, 0) is 25.5 Å². The summed E-state index contributed by atoms with van der Waals surface area (Å²) in [5.41, 5.74) is 1.28. The van der Waals surface area contributed by atoms with Crippen molar-refractivity contribution in [1.29, 1.82) is 0 Å². The minimum absolute atomic E-state index is 0.00679. The van der Waals surface area contributed by atoms with Gasteiger partial charge in [-0.25, -0.2) is 9.64 Å². The topological polar surface area (TPSA) is 87.2 Å². The summed E-state index contributed by atoms with van der Waals surface area (Å²) in [6, 6.07) is 5.23. The third-order valence-corrected chi connectivity index (χ3v) is 5.73. The second-order valence-corrected chi connectivity index (χ2v) is 7.67. The molecule has 2 aliphatic carbocycles. The number of esters is 2. The van der Waals surface area contributed by atoms with Crippen molar-refractivity contribution in [1.82, 2.24) is 0 Å². The van der Waals surface area contributed by atoms with E-state index in [0.29, 0.717) is 17.6 Å². The minimum atomic E-state index is -0.786. The Bertz CT molecular complexity index is 1300. The van der Waals surface area contributed by atoms with Crippen molar-refractivity contribution in [2.75, 3.05) is 13.2 Å². The third kappa shape index (κ3) is 4.02. The summed E-state index contributed by atoms with van der Waals surface area (Å²) in [6.45, 7) is 11.1. The number of rotatable bonds is 5. The van der Waals surface area contributed by atoms with Gasteiger partial charge in [0.2, 0.25) is 0 Å². The number of ether oxygens (including phenoxy) is 2. The molecule has 1 fully saturated rings. The fourth-order valence-electron chi connectivity index (χ4n) is 4.12. The summed E-state index contributed by atoms with van der Waals surface area (Å²) in [5, 5.41) is 0.666. The normalized spacial score (nSPS) is 21.0. The van der Waals surface area contributed by atoms with E-state index < -0.39 is 11.6 Å². The van der Waals surface area contributed by atoms with Crippen molar-refractivity contribution in [2.24, 2.45) is 17.8 Å². The van der Waals surface area contributed by atoms with E-state index in [-0.39, 0.29) is 41.6 Å². The van der Waals surface area contributed by atoms with E-state index in [1.807, 2.05) is 6.07 Å². The molecule has 0 N–H and O–H groups in total. The molecule has 4 rings (SSSR count). The average Bonchev–Trinajstić information content (AvgIpc) is 3.45. The first-order valence-corrected chi connectivity index (χ1v) is 10.5. The number of nitrogens with zero attached hydrogens (tertiary/aromatic N) is 1. The molecule has 7 nitrogen and oxygen atoms in total. The molecule has 1 aromatic carbocycles. The molecule has 7 heteroatoms. The lowest BCUT2D eigenvalue weighted by molar-refractivity contribution is -0.145. The highest BCUT2D eigenvalue weighted by Crippen LogP contribution is 2.50. The molecule has 162 valence electrons. The molecule has 0 aliphatic heterocycles. The lowest BCUT2D eigenvalue weighted by Gasteiger charge is -2.09. The third-order valence-electron chi connectivity index (χ3n) is 5.73. The quantitative estimate of drug-likeness (QED) is 0.237. The Morgan fingerprint density at radius 3 is 2.75 bits per heavy atom. The number of hydrogen-bond acceptors (Lipinski definition) is 6. The Kier molecular flexibility index (Phi) is 5.83. The smallest absolute Gasteiger partial charge is 0.342 e. The van der Waals surface area contributed by atoms with Gasteiger partial charge >= 0.3 is 17.6 Å². The van der Waals surface area contributed by atoms with Gasteiger partial charge in [0, 0.05) is 16.9 Å². The van der Waals surface area contributed by atoms with Crippen molar-refractivity contribution in [2.45, 2.75) is 26.7 Å². The molecule has 3 unspecified atom stereocenters. The number of hydrogen-bond donors (Lipinski definition) is 0. The maximum absolute atomic E-state index is 12.4. The van der Waals surface area contributed by atoms with Gasteiger partial charge < -0.3 is 13.9 Å². The van der Waals surface area contributed by atoms with E-state index in [1.165, 1.54) is 6.08 Å². The fraction of sp³-hybridized carbons (Fsp3) is 0.360. The van der Waals surface area contributed by atoms with Crippen LogP contribution in [0.5, 0.6) is 0 Å². The highest BCUT2D eigenvalue weighted by Gasteiger charge is 2.54. The SMILES string of the molecule is [C-]#[N+]/C(=C/c1cc2cc3c(cc2oc1=O)C#CC1C(CC3)C1C(=O)OCC)C(=O)OCC. The van der Waals surface area contributed by atoms with Crippen molar-refractivity contribution in [3.63, 3.8) is 0 Å². The van der Waals surface area contributed by atoms with Gasteiger partial charge in [-0.15, -0.1) is 0 Å². The molecular weight excluding hydrogens is 410 g/mol. The van der Waals surface area contributed by atoms with Crippen LogP contribution in [0.1, 0.15) is 37.0 Å². The second kappa shape index (κ2) is 8.72. The van der Waals surface area contributed by atoms with Crippen LogP contribution in [0.2, 0.25) is 0 Å². The van der Waals surface area contributed by atoms with Crippen LogP contribution in [0.25, 0.3) is 21.9 Å². The average molecular weight is 431 g/mol. The number of fused-ring (bicyclic) bond motifs is 3. The molecule has 0 amide bonds. The van der Waals surface area contributed by atoms with Gasteiger partial charge in [-0.2, -0.15) is 0 Å². The van der Waals surface area contributed by atoms with Crippen molar-refractivity contribution in [3.05, 3.63) is 62.4 Å². The van der Waals surface area contributed by atoms with Crippen LogP contribution >= 0.6 is 0 Å². The number of carbonyl (C=O) groups excluding carboxylic acids is 2.